The van der Waals surface area contributed by atoms with Crippen LogP contribution < -0.4 is 0 Å². The maximum absolute atomic E-state index is 6.52. The topological polar surface area (TPSA) is 24.9 Å². The number of likely N-dealkylation sites (N-methyl/N-ethyl adjacent to an activating group) is 1. The molecule has 3 rings (SSSR count). The van der Waals surface area contributed by atoms with Gasteiger partial charge in [-0.3, -0.25) is 4.90 Å². The first-order valence-corrected chi connectivity index (χ1v) is 19.4. The normalized spacial score (nSPS) is 20.1. The van der Waals surface area contributed by atoms with Crippen LogP contribution in [0, 0.1) is 0 Å². The van der Waals surface area contributed by atoms with Crippen LogP contribution in [0.1, 0.15) is 12.5 Å². The molecule has 1 atom stereocenters. The summed E-state index contributed by atoms with van der Waals surface area (Å²) in [6.07, 6.45) is 0.946. The Labute approximate surface area is 261 Å². The highest BCUT2D eigenvalue weighted by Gasteiger charge is 2.14. The van der Waals surface area contributed by atoms with Crippen molar-refractivity contribution in [1.29, 1.82) is 0 Å². The second kappa shape index (κ2) is 22.3. The van der Waals surface area contributed by atoms with Crippen molar-refractivity contribution in [3.8, 4) is 11.1 Å². The van der Waals surface area contributed by atoms with E-state index in [2.05, 4.69) is 114 Å². The standard InChI is InChI=1S/C32H50N2O2S4/c1-3-37-23-24-39-21-16-34-14-19-36-32(27-29-9-11-31(12-10-29)30-7-5-4-6-8-30)28-35-18-13-33(2)15-20-38-25-26-40-22-17-34/h4-12,32H,3,13-28H2,1-2H3. The molecule has 0 N–H and O–H groups in total. The van der Waals surface area contributed by atoms with Crippen molar-refractivity contribution in [3.05, 3.63) is 60.2 Å². The summed E-state index contributed by atoms with van der Waals surface area (Å²) in [5.41, 5.74) is 3.82. The molecular formula is C32H50N2O2S4. The maximum Gasteiger partial charge on any atom is 0.0849 e. The zero-order chi connectivity index (χ0) is 28.1. The highest BCUT2D eigenvalue weighted by atomic mass is 32.2. The van der Waals surface area contributed by atoms with Crippen molar-refractivity contribution in [2.75, 3.05) is 106 Å². The second-order valence-corrected chi connectivity index (χ2v) is 15.1. The monoisotopic (exact) mass is 622 g/mol. The Bertz CT molecular complexity index is 875. The Morgan fingerprint density at radius 3 is 2.27 bits per heavy atom. The van der Waals surface area contributed by atoms with Gasteiger partial charge in [0.1, 0.15) is 0 Å². The lowest BCUT2D eigenvalue weighted by molar-refractivity contribution is -0.0243. The van der Waals surface area contributed by atoms with Gasteiger partial charge in [-0.05, 0) is 29.5 Å². The van der Waals surface area contributed by atoms with Crippen molar-refractivity contribution in [3.63, 3.8) is 0 Å². The van der Waals surface area contributed by atoms with E-state index in [0.29, 0.717) is 6.61 Å². The van der Waals surface area contributed by atoms with E-state index in [9.17, 15) is 0 Å². The zero-order valence-corrected chi connectivity index (χ0v) is 27.9. The SMILES string of the molecule is CCSCCSCCN1CCOC(Cc2ccc(-c3ccccc3)cc2)COCCN(C)CCSCCSCC1. The van der Waals surface area contributed by atoms with Crippen LogP contribution in [0.25, 0.3) is 11.1 Å². The van der Waals surface area contributed by atoms with Gasteiger partial charge >= 0.3 is 0 Å². The molecule has 0 bridgehead atoms. The van der Waals surface area contributed by atoms with Gasteiger partial charge < -0.3 is 14.4 Å². The largest absolute Gasteiger partial charge is 0.377 e. The number of benzene rings is 2. The molecule has 1 aliphatic rings. The Hall–Kier alpha value is -0.320. The quantitative estimate of drug-likeness (QED) is 0.277. The summed E-state index contributed by atoms with van der Waals surface area (Å²) in [5, 5.41) is 0. The summed E-state index contributed by atoms with van der Waals surface area (Å²) in [6.45, 7) is 9.77. The van der Waals surface area contributed by atoms with Gasteiger partial charge in [0.15, 0.2) is 0 Å². The van der Waals surface area contributed by atoms with Crippen LogP contribution in [-0.2, 0) is 15.9 Å². The van der Waals surface area contributed by atoms with Crippen molar-refractivity contribution >= 4 is 47.0 Å². The van der Waals surface area contributed by atoms with E-state index in [1.165, 1.54) is 62.7 Å². The van der Waals surface area contributed by atoms with E-state index in [1.54, 1.807) is 0 Å². The lowest BCUT2D eigenvalue weighted by atomic mass is 10.0. The van der Waals surface area contributed by atoms with E-state index in [4.69, 9.17) is 9.47 Å². The predicted octanol–water partition coefficient (Wildman–Crippen LogP) is 6.50. The molecule has 1 unspecified atom stereocenters. The smallest absolute Gasteiger partial charge is 0.0849 e. The lowest BCUT2D eigenvalue weighted by Crippen LogP contribution is -2.34. The summed E-state index contributed by atoms with van der Waals surface area (Å²) in [4.78, 5) is 5.00. The molecule has 0 aromatic heterocycles. The third kappa shape index (κ3) is 15.2. The van der Waals surface area contributed by atoms with Crippen LogP contribution in [0.5, 0.6) is 0 Å². The van der Waals surface area contributed by atoms with Crippen molar-refractivity contribution in [2.24, 2.45) is 0 Å². The summed E-state index contributed by atoms with van der Waals surface area (Å²) in [5.74, 6) is 9.84. The molecule has 0 radical (unpaired) electrons. The Morgan fingerprint density at radius 1 is 0.775 bits per heavy atom. The molecular weight excluding hydrogens is 573 g/mol. The van der Waals surface area contributed by atoms with Crippen LogP contribution in [0.4, 0.5) is 0 Å². The Kier molecular flexibility index (Phi) is 19.0. The van der Waals surface area contributed by atoms with Gasteiger partial charge in [0, 0.05) is 79.4 Å². The third-order valence-corrected chi connectivity index (χ3v) is 11.2. The van der Waals surface area contributed by atoms with Gasteiger partial charge in [-0.2, -0.15) is 47.0 Å². The molecule has 1 aliphatic heterocycles. The molecule has 40 heavy (non-hydrogen) atoms. The molecule has 2 aromatic rings. The highest BCUT2D eigenvalue weighted by molar-refractivity contribution is 8.03. The Balaban J connectivity index is 1.55. The molecule has 1 saturated heterocycles. The summed E-state index contributed by atoms with van der Waals surface area (Å²) >= 11 is 8.33. The minimum absolute atomic E-state index is 0.0685. The number of nitrogens with zero attached hydrogens (tertiary/aromatic N) is 2. The molecule has 0 spiro atoms. The van der Waals surface area contributed by atoms with Crippen molar-refractivity contribution in [1.82, 2.24) is 9.80 Å². The fourth-order valence-electron chi connectivity index (χ4n) is 4.42. The van der Waals surface area contributed by atoms with Crippen molar-refractivity contribution < 1.29 is 9.47 Å². The lowest BCUT2D eigenvalue weighted by Gasteiger charge is -2.25. The molecule has 1 heterocycles. The average Bonchev–Trinajstić information content (AvgIpc) is 2.98. The summed E-state index contributed by atoms with van der Waals surface area (Å²) in [7, 11) is 2.20. The van der Waals surface area contributed by atoms with E-state index in [1.807, 2.05) is 11.8 Å². The van der Waals surface area contributed by atoms with Crippen LogP contribution >= 0.6 is 47.0 Å². The number of thioether (sulfide) groups is 4. The molecule has 0 saturated carbocycles. The van der Waals surface area contributed by atoms with E-state index >= 15 is 0 Å². The first-order valence-electron chi connectivity index (χ1n) is 14.8. The van der Waals surface area contributed by atoms with E-state index < -0.39 is 0 Å². The second-order valence-electron chi connectivity index (χ2n) is 10.0. The molecule has 4 nitrogen and oxygen atoms in total. The highest BCUT2D eigenvalue weighted by Crippen LogP contribution is 2.20. The van der Waals surface area contributed by atoms with Gasteiger partial charge in [0.05, 0.1) is 25.9 Å². The minimum Gasteiger partial charge on any atom is -0.377 e. The van der Waals surface area contributed by atoms with Gasteiger partial charge in [-0.1, -0.05) is 61.5 Å². The van der Waals surface area contributed by atoms with Crippen LogP contribution in [0.3, 0.4) is 0 Å². The van der Waals surface area contributed by atoms with E-state index in [0.717, 1.165) is 52.4 Å². The number of hydrogen-bond acceptors (Lipinski definition) is 8. The van der Waals surface area contributed by atoms with Gasteiger partial charge in [0.2, 0.25) is 0 Å². The summed E-state index contributed by atoms with van der Waals surface area (Å²) in [6, 6.07) is 19.6. The Morgan fingerprint density at radius 2 is 1.50 bits per heavy atom. The number of rotatable bonds is 10. The molecule has 0 aliphatic carbocycles. The van der Waals surface area contributed by atoms with Crippen LogP contribution in [-0.4, -0.2) is 122 Å². The van der Waals surface area contributed by atoms with Gasteiger partial charge in [-0.15, -0.1) is 0 Å². The van der Waals surface area contributed by atoms with Gasteiger partial charge in [0.25, 0.3) is 0 Å². The number of hydrogen-bond donors (Lipinski definition) is 0. The third-order valence-electron chi connectivity index (χ3n) is 6.88. The van der Waals surface area contributed by atoms with Crippen LogP contribution in [0.15, 0.2) is 54.6 Å². The number of ether oxygens (including phenoxy) is 2. The average molecular weight is 623 g/mol. The van der Waals surface area contributed by atoms with Crippen LogP contribution in [0.2, 0.25) is 0 Å². The minimum atomic E-state index is 0.0685. The van der Waals surface area contributed by atoms with Gasteiger partial charge in [-0.25, -0.2) is 0 Å². The molecule has 8 heteroatoms. The molecule has 2 aromatic carbocycles. The maximum atomic E-state index is 6.52. The molecule has 0 amide bonds. The fraction of sp³-hybridized carbons (Fsp3) is 0.625. The zero-order valence-electron chi connectivity index (χ0n) is 24.6. The first-order chi connectivity index (χ1) is 19.7. The van der Waals surface area contributed by atoms with Crippen molar-refractivity contribution in [2.45, 2.75) is 19.4 Å². The molecule has 224 valence electrons. The molecule has 1 fully saturated rings. The fourth-order valence-corrected chi connectivity index (χ4v) is 8.42. The summed E-state index contributed by atoms with van der Waals surface area (Å²) < 4.78 is 12.7. The predicted molar refractivity (Wildman–Crippen MR) is 185 cm³/mol. The van der Waals surface area contributed by atoms with E-state index in [-0.39, 0.29) is 6.10 Å². The first kappa shape index (κ1) is 34.2.